The van der Waals surface area contributed by atoms with Gasteiger partial charge in [-0.2, -0.15) is 0 Å². The summed E-state index contributed by atoms with van der Waals surface area (Å²) in [5.41, 5.74) is 0.709. The highest BCUT2D eigenvalue weighted by Gasteiger charge is 2.09. The van der Waals surface area contributed by atoms with E-state index in [1.54, 1.807) is 11.8 Å². The Morgan fingerprint density at radius 2 is 2.24 bits per heavy atom. The quantitative estimate of drug-likeness (QED) is 0.588. The van der Waals surface area contributed by atoms with E-state index in [2.05, 4.69) is 20.2 Å². The normalized spacial score (nSPS) is 17.2. The van der Waals surface area contributed by atoms with Gasteiger partial charge in [-0.1, -0.05) is 11.8 Å². The molecule has 0 unspecified atom stereocenters. The van der Waals surface area contributed by atoms with Gasteiger partial charge in [-0.25, -0.2) is 4.98 Å². The van der Waals surface area contributed by atoms with E-state index < -0.39 is 0 Å². The summed E-state index contributed by atoms with van der Waals surface area (Å²) in [6.07, 6.45) is 0. The molecule has 2 rings (SSSR count). The lowest BCUT2D eigenvalue weighted by atomic mass is 10.4. The van der Waals surface area contributed by atoms with Crippen molar-refractivity contribution >= 4 is 11.8 Å². The molecular formula is C11H18N4OS. The molecule has 0 radical (unpaired) electrons. The van der Waals surface area contributed by atoms with Gasteiger partial charge < -0.3 is 10.3 Å². The van der Waals surface area contributed by atoms with Crippen molar-refractivity contribution < 1.29 is 0 Å². The number of H-pyrrole nitrogens is 1. The van der Waals surface area contributed by atoms with E-state index >= 15 is 0 Å². The molecule has 1 fully saturated rings. The third-order valence-corrected chi connectivity index (χ3v) is 3.56. The molecule has 94 valence electrons. The van der Waals surface area contributed by atoms with Gasteiger partial charge in [0.05, 0.1) is 0 Å². The number of hydrogen-bond acceptors (Lipinski definition) is 5. The van der Waals surface area contributed by atoms with Crippen molar-refractivity contribution in [2.45, 2.75) is 12.1 Å². The van der Waals surface area contributed by atoms with Gasteiger partial charge in [-0.15, -0.1) is 0 Å². The summed E-state index contributed by atoms with van der Waals surface area (Å²) in [4.78, 5) is 20.7. The minimum atomic E-state index is -0.0674. The SMILES string of the molecule is Cc1cc(=O)[nH]c(SCCN2CCNCC2)n1. The lowest BCUT2D eigenvalue weighted by Gasteiger charge is -2.26. The number of hydrogen-bond donors (Lipinski definition) is 2. The smallest absolute Gasteiger partial charge is 0.251 e. The molecular weight excluding hydrogens is 236 g/mol. The number of nitrogens with zero attached hydrogens (tertiary/aromatic N) is 2. The highest BCUT2D eigenvalue weighted by Crippen LogP contribution is 2.11. The minimum Gasteiger partial charge on any atom is -0.314 e. The average Bonchev–Trinajstić information content (AvgIpc) is 2.29. The van der Waals surface area contributed by atoms with Crippen molar-refractivity contribution in [1.82, 2.24) is 20.2 Å². The maximum atomic E-state index is 11.2. The molecule has 0 aliphatic carbocycles. The van der Waals surface area contributed by atoms with Crippen LogP contribution in [0, 0.1) is 6.92 Å². The Morgan fingerprint density at radius 1 is 1.47 bits per heavy atom. The molecule has 1 aliphatic rings. The molecule has 5 nitrogen and oxygen atoms in total. The van der Waals surface area contributed by atoms with E-state index in [1.807, 2.05) is 6.92 Å². The van der Waals surface area contributed by atoms with E-state index in [-0.39, 0.29) is 5.56 Å². The van der Waals surface area contributed by atoms with Crippen LogP contribution in [0.25, 0.3) is 0 Å². The van der Waals surface area contributed by atoms with Gasteiger partial charge in [0.25, 0.3) is 5.56 Å². The number of piperazine rings is 1. The third-order valence-electron chi connectivity index (χ3n) is 2.70. The molecule has 0 spiro atoms. The van der Waals surface area contributed by atoms with Crippen LogP contribution in [0.2, 0.25) is 0 Å². The molecule has 0 saturated carbocycles. The number of thioether (sulfide) groups is 1. The molecule has 0 bridgehead atoms. The molecule has 1 saturated heterocycles. The first kappa shape index (κ1) is 12.6. The monoisotopic (exact) mass is 254 g/mol. The lowest BCUT2D eigenvalue weighted by Crippen LogP contribution is -2.44. The van der Waals surface area contributed by atoms with E-state index in [9.17, 15) is 4.79 Å². The molecule has 0 aromatic carbocycles. The summed E-state index contributed by atoms with van der Waals surface area (Å²) in [5.74, 6) is 0.965. The maximum Gasteiger partial charge on any atom is 0.251 e. The summed E-state index contributed by atoms with van der Waals surface area (Å²) in [6.45, 7) is 7.25. The standard InChI is InChI=1S/C11H18N4OS/c1-9-8-10(16)14-11(13-9)17-7-6-15-4-2-12-3-5-15/h8,12H,2-7H2,1H3,(H,13,14,16). The Labute approximate surface area is 105 Å². The first-order valence-corrected chi connectivity index (χ1v) is 6.86. The molecule has 1 aromatic rings. The van der Waals surface area contributed by atoms with Crippen LogP contribution in [0.5, 0.6) is 0 Å². The summed E-state index contributed by atoms with van der Waals surface area (Å²) >= 11 is 1.61. The van der Waals surface area contributed by atoms with Crippen LogP contribution in [0.15, 0.2) is 16.0 Å². The molecule has 0 amide bonds. The molecule has 1 aliphatic heterocycles. The summed E-state index contributed by atoms with van der Waals surface area (Å²) in [7, 11) is 0. The van der Waals surface area contributed by atoms with Crippen LogP contribution in [0.3, 0.4) is 0 Å². The highest BCUT2D eigenvalue weighted by molar-refractivity contribution is 7.99. The van der Waals surface area contributed by atoms with Gasteiger partial charge in [-0.05, 0) is 6.92 Å². The summed E-state index contributed by atoms with van der Waals surface area (Å²) in [6, 6.07) is 1.51. The van der Waals surface area contributed by atoms with E-state index in [0.29, 0.717) is 0 Å². The minimum absolute atomic E-state index is 0.0674. The average molecular weight is 254 g/mol. The summed E-state index contributed by atoms with van der Waals surface area (Å²) < 4.78 is 0. The number of aromatic amines is 1. The fourth-order valence-corrected chi connectivity index (χ4v) is 2.75. The molecule has 17 heavy (non-hydrogen) atoms. The fraction of sp³-hybridized carbons (Fsp3) is 0.636. The van der Waals surface area contributed by atoms with Crippen molar-refractivity contribution in [2.24, 2.45) is 0 Å². The first-order chi connectivity index (χ1) is 8.24. The van der Waals surface area contributed by atoms with Crippen molar-refractivity contribution in [2.75, 3.05) is 38.5 Å². The van der Waals surface area contributed by atoms with Gasteiger partial charge in [0.1, 0.15) is 0 Å². The molecule has 6 heteroatoms. The highest BCUT2D eigenvalue weighted by atomic mass is 32.2. The summed E-state index contributed by atoms with van der Waals surface area (Å²) in [5, 5.41) is 4.06. The molecule has 1 aromatic heterocycles. The van der Waals surface area contributed by atoms with Crippen LogP contribution in [0.4, 0.5) is 0 Å². The van der Waals surface area contributed by atoms with Crippen LogP contribution >= 0.6 is 11.8 Å². The number of nitrogens with one attached hydrogen (secondary N) is 2. The van der Waals surface area contributed by atoms with Crippen molar-refractivity contribution in [3.63, 3.8) is 0 Å². The Kier molecular flexibility index (Phi) is 4.58. The van der Waals surface area contributed by atoms with Crippen molar-refractivity contribution in [3.8, 4) is 0 Å². The number of aryl methyl sites for hydroxylation is 1. The Balaban J connectivity index is 1.79. The second kappa shape index (κ2) is 6.18. The Bertz CT molecular complexity index is 414. The van der Waals surface area contributed by atoms with E-state index in [1.165, 1.54) is 6.07 Å². The first-order valence-electron chi connectivity index (χ1n) is 5.88. The number of rotatable bonds is 4. The topological polar surface area (TPSA) is 61.0 Å². The van der Waals surface area contributed by atoms with E-state index in [4.69, 9.17) is 0 Å². The number of aromatic nitrogens is 2. The maximum absolute atomic E-state index is 11.2. The second-order valence-electron chi connectivity index (χ2n) is 4.13. The Hall–Kier alpha value is -0.850. The van der Waals surface area contributed by atoms with Gasteiger partial charge in [0.15, 0.2) is 5.16 Å². The zero-order chi connectivity index (χ0) is 12.1. The van der Waals surface area contributed by atoms with Gasteiger partial charge >= 0.3 is 0 Å². The van der Waals surface area contributed by atoms with Crippen molar-refractivity contribution in [1.29, 1.82) is 0 Å². The zero-order valence-electron chi connectivity index (χ0n) is 10.0. The predicted molar refractivity (Wildman–Crippen MR) is 69.6 cm³/mol. The second-order valence-corrected chi connectivity index (χ2v) is 5.22. The van der Waals surface area contributed by atoms with Crippen LogP contribution in [0.1, 0.15) is 5.69 Å². The molecule has 2 N–H and O–H groups in total. The van der Waals surface area contributed by atoms with Gasteiger partial charge in [0.2, 0.25) is 0 Å². The van der Waals surface area contributed by atoms with Gasteiger partial charge in [0, 0.05) is 50.2 Å². The Morgan fingerprint density at radius 3 is 2.94 bits per heavy atom. The van der Waals surface area contributed by atoms with Crippen LogP contribution in [-0.4, -0.2) is 53.3 Å². The molecule has 0 atom stereocenters. The largest absolute Gasteiger partial charge is 0.314 e. The fourth-order valence-electron chi connectivity index (χ4n) is 1.83. The molecule has 2 heterocycles. The lowest BCUT2D eigenvalue weighted by molar-refractivity contribution is 0.255. The third kappa shape index (κ3) is 4.14. The van der Waals surface area contributed by atoms with Crippen LogP contribution in [-0.2, 0) is 0 Å². The van der Waals surface area contributed by atoms with E-state index in [0.717, 1.165) is 49.3 Å². The van der Waals surface area contributed by atoms with Gasteiger partial charge in [-0.3, -0.25) is 9.69 Å². The van der Waals surface area contributed by atoms with Crippen LogP contribution < -0.4 is 10.9 Å². The zero-order valence-corrected chi connectivity index (χ0v) is 10.8. The predicted octanol–water partition coefficient (Wildman–Crippen LogP) is 0.0756. The van der Waals surface area contributed by atoms with Crippen molar-refractivity contribution in [3.05, 3.63) is 22.1 Å².